The highest BCUT2D eigenvalue weighted by molar-refractivity contribution is 7.89. The van der Waals surface area contributed by atoms with Crippen LogP contribution < -0.4 is 9.62 Å². The number of piperazine rings is 1. The van der Waals surface area contributed by atoms with Crippen LogP contribution in [0.1, 0.15) is 32.3 Å². The Kier molecular flexibility index (Phi) is 6.60. The van der Waals surface area contributed by atoms with Crippen LogP contribution in [0.4, 0.5) is 5.69 Å². The molecule has 2 aliphatic rings. The summed E-state index contributed by atoms with van der Waals surface area (Å²) in [5, 5.41) is 0. The van der Waals surface area contributed by atoms with Crippen LogP contribution in [-0.2, 0) is 19.6 Å². The fourth-order valence-corrected chi connectivity index (χ4v) is 5.45. The van der Waals surface area contributed by atoms with Gasteiger partial charge in [-0.2, -0.15) is 4.72 Å². The molecule has 1 atom stereocenters. The molecule has 0 radical (unpaired) electrons. The highest BCUT2D eigenvalue weighted by atomic mass is 32.2. The van der Waals surface area contributed by atoms with Crippen LogP contribution in [0.15, 0.2) is 23.1 Å². The van der Waals surface area contributed by atoms with E-state index in [-0.39, 0.29) is 16.7 Å². The first kappa shape index (κ1) is 21.7. The molecule has 2 aliphatic heterocycles. The van der Waals surface area contributed by atoms with Crippen molar-refractivity contribution < 1.29 is 18.0 Å². The highest BCUT2D eigenvalue weighted by Crippen LogP contribution is 2.29. The lowest BCUT2D eigenvalue weighted by atomic mass is 10.2. The average Bonchev–Trinajstić information content (AvgIpc) is 3.12. The zero-order chi connectivity index (χ0) is 21.2. The van der Waals surface area contributed by atoms with E-state index in [1.165, 1.54) is 6.07 Å². The lowest BCUT2D eigenvalue weighted by Crippen LogP contribution is -2.54. The van der Waals surface area contributed by atoms with Crippen molar-refractivity contribution in [3.8, 4) is 0 Å². The summed E-state index contributed by atoms with van der Waals surface area (Å²) in [6.45, 7) is 9.70. The molecular formula is C20H30N4O4S. The zero-order valence-electron chi connectivity index (χ0n) is 17.3. The molecule has 1 N–H and O–H groups in total. The van der Waals surface area contributed by atoms with Crippen LogP contribution in [0.3, 0.4) is 0 Å². The molecule has 0 aliphatic carbocycles. The number of carbonyl (C=O) groups excluding carboxylic acids is 2. The second-order valence-electron chi connectivity index (χ2n) is 7.65. The van der Waals surface area contributed by atoms with Crippen molar-refractivity contribution in [1.29, 1.82) is 0 Å². The standard InChI is InChI=1S/C20H30N4O4S/c1-4-22-11-13-23(14-12-22)20(26)16(3)21-29(27,28)18-8-5-7-17(15(18)2)24-10-6-9-19(24)25/h5,7-8,16,21H,4,6,9-14H2,1-3H3/t16-/m0/s1. The second kappa shape index (κ2) is 8.81. The van der Waals surface area contributed by atoms with E-state index >= 15 is 0 Å². The number of benzene rings is 1. The fourth-order valence-electron chi connectivity index (χ4n) is 3.99. The topological polar surface area (TPSA) is 90.0 Å². The SMILES string of the molecule is CCN1CCN(C(=O)[C@H](C)NS(=O)(=O)c2cccc(N3CCCC3=O)c2C)CC1. The molecule has 1 aromatic carbocycles. The highest BCUT2D eigenvalue weighted by Gasteiger charge is 2.30. The van der Waals surface area contributed by atoms with Gasteiger partial charge in [-0.3, -0.25) is 9.59 Å². The summed E-state index contributed by atoms with van der Waals surface area (Å²) in [5.41, 5.74) is 1.14. The Morgan fingerprint density at radius 3 is 2.45 bits per heavy atom. The summed E-state index contributed by atoms with van der Waals surface area (Å²) in [6.07, 6.45) is 1.25. The van der Waals surface area contributed by atoms with Gasteiger partial charge < -0.3 is 14.7 Å². The second-order valence-corrected chi connectivity index (χ2v) is 9.33. The van der Waals surface area contributed by atoms with E-state index in [4.69, 9.17) is 0 Å². The summed E-state index contributed by atoms with van der Waals surface area (Å²) < 4.78 is 28.5. The predicted octanol–water partition coefficient (Wildman–Crippen LogP) is 0.953. The molecule has 0 saturated carbocycles. The average molecular weight is 423 g/mol. The first-order valence-corrected chi connectivity index (χ1v) is 11.7. The molecule has 0 unspecified atom stereocenters. The minimum Gasteiger partial charge on any atom is -0.339 e. The van der Waals surface area contributed by atoms with Crippen molar-refractivity contribution in [2.24, 2.45) is 0 Å². The van der Waals surface area contributed by atoms with Crippen LogP contribution >= 0.6 is 0 Å². The van der Waals surface area contributed by atoms with Gasteiger partial charge >= 0.3 is 0 Å². The minimum atomic E-state index is -3.90. The van der Waals surface area contributed by atoms with Crippen molar-refractivity contribution >= 4 is 27.5 Å². The molecule has 8 nitrogen and oxygen atoms in total. The number of anilines is 1. The van der Waals surface area contributed by atoms with E-state index in [2.05, 4.69) is 16.5 Å². The van der Waals surface area contributed by atoms with Crippen LogP contribution in [0, 0.1) is 6.92 Å². The number of nitrogens with one attached hydrogen (secondary N) is 1. The van der Waals surface area contributed by atoms with Gasteiger partial charge in [0, 0.05) is 44.8 Å². The fraction of sp³-hybridized carbons (Fsp3) is 0.600. The Labute approximate surface area is 172 Å². The largest absolute Gasteiger partial charge is 0.339 e. The Morgan fingerprint density at radius 2 is 1.86 bits per heavy atom. The zero-order valence-corrected chi connectivity index (χ0v) is 18.2. The summed E-state index contributed by atoms with van der Waals surface area (Å²) >= 11 is 0. The third kappa shape index (κ3) is 4.62. The number of hydrogen-bond acceptors (Lipinski definition) is 5. The Morgan fingerprint density at radius 1 is 1.17 bits per heavy atom. The van der Waals surface area contributed by atoms with Crippen LogP contribution in [0.2, 0.25) is 0 Å². The molecule has 0 bridgehead atoms. The van der Waals surface area contributed by atoms with Crippen molar-refractivity contribution in [2.75, 3.05) is 44.2 Å². The third-order valence-electron chi connectivity index (χ3n) is 5.74. The van der Waals surface area contributed by atoms with Crippen molar-refractivity contribution in [1.82, 2.24) is 14.5 Å². The van der Waals surface area contributed by atoms with Crippen molar-refractivity contribution in [3.05, 3.63) is 23.8 Å². The van der Waals surface area contributed by atoms with Gasteiger partial charge in [0.15, 0.2) is 0 Å². The van der Waals surface area contributed by atoms with Gasteiger partial charge in [0.1, 0.15) is 0 Å². The van der Waals surface area contributed by atoms with Gasteiger partial charge in [-0.15, -0.1) is 0 Å². The number of carbonyl (C=O) groups is 2. The Bertz CT molecular complexity index is 878. The van der Waals surface area contributed by atoms with Crippen molar-refractivity contribution in [3.63, 3.8) is 0 Å². The molecular weight excluding hydrogens is 392 g/mol. The molecule has 9 heteroatoms. The first-order valence-electron chi connectivity index (χ1n) is 10.2. The van der Waals surface area contributed by atoms with E-state index < -0.39 is 16.1 Å². The monoisotopic (exact) mass is 422 g/mol. The third-order valence-corrected chi connectivity index (χ3v) is 7.43. The summed E-state index contributed by atoms with van der Waals surface area (Å²) in [4.78, 5) is 30.5. The summed E-state index contributed by atoms with van der Waals surface area (Å²) in [6, 6.07) is 4.06. The molecule has 0 aromatic heterocycles. The molecule has 2 amide bonds. The van der Waals surface area contributed by atoms with Gasteiger partial charge in [-0.1, -0.05) is 13.0 Å². The molecule has 0 spiro atoms. The number of likely N-dealkylation sites (N-methyl/N-ethyl adjacent to an activating group) is 1. The maximum Gasteiger partial charge on any atom is 0.241 e. The maximum atomic E-state index is 13.0. The normalized spacial score (nSPS) is 19.6. The van der Waals surface area contributed by atoms with Gasteiger partial charge in [0.25, 0.3) is 0 Å². The Hall–Kier alpha value is -1.97. The predicted molar refractivity (Wildman–Crippen MR) is 111 cm³/mol. The van der Waals surface area contributed by atoms with E-state index in [1.54, 1.807) is 35.8 Å². The molecule has 2 saturated heterocycles. The first-order chi connectivity index (χ1) is 13.7. The van der Waals surface area contributed by atoms with E-state index in [1.807, 2.05) is 0 Å². The number of nitrogens with zero attached hydrogens (tertiary/aromatic N) is 3. The Balaban J connectivity index is 1.74. The van der Waals surface area contributed by atoms with Crippen LogP contribution in [-0.4, -0.2) is 75.3 Å². The molecule has 2 fully saturated rings. The molecule has 1 aromatic rings. The van der Waals surface area contributed by atoms with Crippen molar-refractivity contribution in [2.45, 2.75) is 44.6 Å². The van der Waals surface area contributed by atoms with Crippen LogP contribution in [0.25, 0.3) is 0 Å². The van der Waals surface area contributed by atoms with E-state index in [9.17, 15) is 18.0 Å². The molecule has 29 heavy (non-hydrogen) atoms. The van der Waals surface area contributed by atoms with E-state index in [0.29, 0.717) is 37.3 Å². The molecule has 3 rings (SSSR count). The number of rotatable bonds is 6. The summed E-state index contributed by atoms with van der Waals surface area (Å²) in [7, 11) is -3.90. The molecule has 2 heterocycles. The number of hydrogen-bond donors (Lipinski definition) is 1. The van der Waals surface area contributed by atoms with Gasteiger partial charge in [0.05, 0.1) is 10.9 Å². The lowest BCUT2D eigenvalue weighted by molar-refractivity contribution is -0.134. The smallest absolute Gasteiger partial charge is 0.241 e. The maximum absolute atomic E-state index is 13.0. The van der Waals surface area contributed by atoms with Gasteiger partial charge in [0.2, 0.25) is 21.8 Å². The number of sulfonamides is 1. The quantitative estimate of drug-likeness (QED) is 0.737. The lowest BCUT2D eigenvalue weighted by Gasteiger charge is -2.35. The minimum absolute atomic E-state index is 0.00498. The summed E-state index contributed by atoms with van der Waals surface area (Å²) in [5.74, 6) is -0.210. The molecule has 160 valence electrons. The van der Waals surface area contributed by atoms with Crippen LogP contribution in [0.5, 0.6) is 0 Å². The number of amides is 2. The van der Waals surface area contributed by atoms with E-state index in [0.717, 1.165) is 26.1 Å². The van der Waals surface area contributed by atoms with Gasteiger partial charge in [-0.25, -0.2) is 8.42 Å². The van der Waals surface area contributed by atoms with Gasteiger partial charge in [-0.05, 0) is 44.5 Å².